The van der Waals surface area contributed by atoms with Crippen molar-refractivity contribution in [2.45, 2.75) is 17.9 Å². The molecule has 0 spiro atoms. The second kappa shape index (κ2) is 7.11. The molecule has 1 aromatic heterocycles. The van der Waals surface area contributed by atoms with Crippen LogP contribution in [0.4, 0.5) is 5.69 Å². The van der Waals surface area contributed by atoms with Gasteiger partial charge in [0.1, 0.15) is 0 Å². The molecule has 0 aliphatic rings. The van der Waals surface area contributed by atoms with E-state index < -0.39 is 0 Å². The number of rotatable bonds is 5. The van der Waals surface area contributed by atoms with E-state index in [9.17, 15) is 4.79 Å². The molecule has 1 N–H and O–H groups in total. The summed E-state index contributed by atoms with van der Waals surface area (Å²) in [4.78, 5) is 11.1. The molecule has 1 heterocycles. The lowest BCUT2D eigenvalue weighted by Gasteiger charge is -2.02. The number of thioether (sulfide) groups is 1. The van der Waals surface area contributed by atoms with Crippen LogP contribution < -0.4 is 5.32 Å². The Hall–Kier alpha value is -2.60. The molecule has 23 heavy (non-hydrogen) atoms. The van der Waals surface area contributed by atoms with Crippen LogP contribution in [0.2, 0.25) is 0 Å². The van der Waals surface area contributed by atoms with Gasteiger partial charge in [-0.2, -0.15) is 0 Å². The number of carbonyl (C=O) groups is 1. The summed E-state index contributed by atoms with van der Waals surface area (Å²) < 4.78 is 5.68. The molecular formula is C17H15N3O2S. The fourth-order valence-electron chi connectivity index (χ4n) is 2.04. The van der Waals surface area contributed by atoms with Gasteiger partial charge in [-0.15, -0.1) is 10.2 Å². The van der Waals surface area contributed by atoms with Gasteiger partial charge in [0.15, 0.2) is 0 Å². The summed E-state index contributed by atoms with van der Waals surface area (Å²) in [5, 5.41) is 11.4. The lowest BCUT2D eigenvalue weighted by atomic mass is 10.2. The van der Waals surface area contributed by atoms with Crippen molar-refractivity contribution in [2.24, 2.45) is 0 Å². The van der Waals surface area contributed by atoms with Gasteiger partial charge in [-0.3, -0.25) is 4.79 Å². The first kappa shape index (κ1) is 15.3. The summed E-state index contributed by atoms with van der Waals surface area (Å²) in [5.74, 6) is 1.09. The molecule has 0 bridgehead atoms. The van der Waals surface area contributed by atoms with Crippen LogP contribution in [0.3, 0.4) is 0 Å². The van der Waals surface area contributed by atoms with Crippen molar-refractivity contribution in [3.8, 4) is 11.5 Å². The van der Waals surface area contributed by atoms with Crippen molar-refractivity contribution in [3.63, 3.8) is 0 Å². The molecule has 0 atom stereocenters. The van der Waals surface area contributed by atoms with Crippen molar-refractivity contribution in [1.29, 1.82) is 0 Å². The SMILES string of the molecule is CC(=O)Nc1cccc(-c2nnc(SCc3ccccc3)o2)c1. The van der Waals surface area contributed by atoms with Gasteiger partial charge in [-0.1, -0.05) is 48.2 Å². The van der Waals surface area contributed by atoms with E-state index in [1.54, 1.807) is 6.07 Å². The minimum absolute atomic E-state index is 0.119. The van der Waals surface area contributed by atoms with Gasteiger partial charge in [-0.25, -0.2) is 0 Å². The van der Waals surface area contributed by atoms with Crippen LogP contribution in [-0.4, -0.2) is 16.1 Å². The van der Waals surface area contributed by atoms with Crippen molar-refractivity contribution >= 4 is 23.4 Å². The zero-order valence-electron chi connectivity index (χ0n) is 12.5. The normalized spacial score (nSPS) is 10.5. The van der Waals surface area contributed by atoms with E-state index in [1.165, 1.54) is 24.2 Å². The van der Waals surface area contributed by atoms with E-state index in [0.29, 0.717) is 16.8 Å². The van der Waals surface area contributed by atoms with Crippen LogP contribution in [-0.2, 0) is 10.5 Å². The fourth-order valence-corrected chi connectivity index (χ4v) is 2.76. The number of hydrogen-bond acceptors (Lipinski definition) is 5. The molecule has 3 aromatic rings. The highest BCUT2D eigenvalue weighted by atomic mass is 32.2. The molecular weight excluding hydrogens is 310 g/mol. The molecule has 2 aromatic carbocycles. The molecule has 3 rings (SSSR count). The monoisotopic (exact) mass is 325 g/mol. The van der Waals surface area contributed by atoms with E-state index >= 15 is 0 Å². The maximum absolute atomic E-state index is 11.1. The van der Waals surface area contributed by atoms with Gasteiger partial charge < -0.3 is 9.73 Å². The van der Waals surface area contributed by atoms with Crippen LogP contribution in [0.5, 0.6) is 0 Å². The van der Waals surface area contributed by atoms with Crippen molar-refractivity contribution < 1.29 is 9.21 Å². The topological polar surface area (TPSA) is 68.0 Å². The first-order valence-electron chi connectivity index (χ1n) is 7.09. The number of carbonyl (C=O) groups excluding carboxylic acids is 1. The predicted molar refractivity (Wildman–Crippen MR) is 90.0 cm³/mol. The number of hydrogen-bond donors (Lipinski definition) is 1. The third-order valence-corrected chi connectivity index (χ3v) is 3.93. The largest absolute Gasteiger partial charge is 0.411 e. The molecule has 0 aliphatic heterocycles. The Bertz CT molecular complexity index is 802. The van der Waals surface area contributed by atoms with E-state index in [1.807, 2.05) is 36.4 Å². The number of aromatic nitrogens is 2. The Kier molecular flexibility index (Phi) is 4.73. The number of nitrogens with one attached hydrogen (secondary N) is 1. The molecule has 0 saturated carbocycles. The molecule has 6 heteroatoms. The summed E-state index contributed by atoms with van der Waals surface area (Å²) >= 11 is 1.49. The molecule has 0 saturated heterocycles. The molecule has 0 fully saturated rings. The highest BCUT2D eigenvalue weighted by molar-refractivity contribution is 7.98. The van der Waals surface area contributed by atoms with Gasteiger partial charge in [0.25, 0.3) is 5.22 Å². The van der Waals surface area contributed by atoms with Gasteiger partial charge in [0, 0.05) is 23.9 Å². The second-order valence-electron chi connectivity index (χ2n) is 4.91. The zero-order valence-corrected chi connectivity index (χ0v) is 13.3. The van der Waals surface area contributed by atoms with E-state index in [2.05, 4.69) is 27.6 Å². The molecule has 116 valence electrons. The summed E-state index contributed by atoms with van der Waals surface area (Å²) in [6, 6.07) is 17.4. The lowest BCUT2D eigenvalue weighted by molar-refractivity contribution is -0.114. The van der Waals surface area contributed by atoms with Gasteiger partial charge >= 0.3 is 0 Å². The van der Waals surface area contributed by atoms with Crippen LogP contribution in [0.1, 0.15) is 12.5 Å². The lowest BCUT2D eigenvalue weighted by Crippen LogP contribution is -2.05. The molecule has 5 nitrogen and oxygen atoms in total. The Balaban J connectivity index is 1.70. The number of benzene rings is 2. The summed E-state index contributed by atoms with van der Waals surface area (Å²) in [6.45, 7) is 1.47. The summed E-state index contributed by atoms with van der Waals surface area (Å²) in [7, 11) is 0. The summed E-state index contributed by atoms with van der Waals surface area (Å²) in [6.07, 6.45) is 0. The quantitative estimate of drug-likeness (QED) is 0.718. The van der Waals surface area contributed by atoms with Gasteiger partial charge in [-0.05, 0) is 23.8 Å². The number of nitrogens with zero attached hydrogens (tertiary/aromatic N) is 2. The van der Waals surface area contributed by atoms with Crippen molar-refractivity contribution in [3.05, 3.63) is 60.2 Å². The Labute approximate surface area is 138 Å². The highest BCUT2D eigenvalue weighted by Gasteiger charge is 2.10. The standard InChI is InChI=1S/C17H15N3O2S/c1-12(21)18-15-9-5-8-14(10-15)16-19-20-17(22-16)23-11-13-6-3-2-4-7-13/h2-10H,11H2,1H3,(H,18,21). The molecule has 0 unspecified atom stereocenters. The predicted octanol–water partition coefficient (Wildman–Crippen LogP) is 3.99. The minimum Gasteiger partial charge on any atom is -0.411 e. The van der Waals surface area contributed by atoms with Gasteiger partial charge in [0.2, 0.25) is 11.8 Å². The van der Waals surface area contributed by atoms with Crippen LogP contribution in [0.25, 0.3) is 11.5 Å². The van der Waals surface area contributed by atoms with Gasteiger partial charge in [0.05, 0.1) is 0 Å². The number of anilines is 1. The first-order valence-corrected chi connectivity index (χ1v) is 8.07. The molecule has 0 aliphatic carbocycles. The van der Waals surface area contributed by atoms with Crippen LogP contribution in [0.15, 0.2) is 64.2 Å². The maximum atomic E-state index is 11.1. The second-order valence-corrected chi connectivity index (χ2v) is 5.84. The molecule has 0 radical (unpaired) electrons. The Morgan fingerprint density at radius 1 is 1.13 bits per heavy atom. The summed E-state index contributed by atoms with van der Waals surface area (Å²) in [5.41, 5.74) is 2.67. The third-order valence-electron chi connectivity index (χ3n) is 3.04. The van der Waals surface area contributed by atoms with Crippen LogP contribution >= 0.6 is 11.8 Å². The van der Waals surface area contributed by atoms with Crippen LogP contribution in [0, 0.1) is 0 Å². The average molecular weight is 325 g/mol. The van der Waals surface area contributed by atoms with E-state index in [4.69, 9.17) is 4.42 Å². The fraction of sp³-hybridized carbons (Fsp3) is 0.118. The van der Waals surface area contributed by atoms with E-state index in [-0.39, 0.29) is 5.91 Å². The zero-order chi connectivity index (χ0) is 16.1. The Morgan fingerprint density at radius 2 is 1.96 bits per heavy atom. The van der Waals surface area contributed by atoms with Crippen molar-refractivity contribution in [2.75, 3.05) is 5.32 Å². The van der Waals surface area contributed by atoms with E-state index in [0.717, 1.165) is 11.3 Å². The molecule has 1 amide bonds. The first-order chi connectivity index (χ1) is 11.2. The average Bonchev–Trinajstić information content (AvgIpc) is 3.03. The van der Waals surface area contributed by atoms with Crippen molar-refractivity contribution in [1.82, 2.24) is 10.2 Å². The number of amides is 1. The third kappa shape index (κ3) is 4.20. The Morgan fingerprint density at radius 3 is 2.74 bits per heavy atom. The maximum Gasteiger partial charge on any atom is 0.277 e. The smallest absolute Gasteiger partial charge is 0.277 e. The highest BCUT2D eigenvalue weighted by Crippen LogP contribution is 2.26. The minimum atomic E-state index is -0.119.